The van der Waals surface area contributed by atoms with E-state index in [0.29, 0.717) is 10.6 Å². The summed E-state index contributed by atoms with van der Waals surface area (Å²) < 4.78 is 4.52. The number of hydroxylamine groups is 1. The van der Waals surface area contributed by atoms with E-state index >= 15 is 0 Å². The summed E-state index contributed by atoms with van der Waals surface area (Å²) in [6, 6.07) is -0.455. The minimum atomic E-state index is -0.455. The normalized spacial score (nSPS) is 16.2. The third-order valence-corrected chi connectivity index (χ3v) is 1.37. The lowest BCUT2D eigenvalue weighted by atomic mass is 10.2. The number of oxime groups is 1. The SMILES string of the molecule is COC=C[N+]([O-])=NC(C)C(C)=NO. The van der Waals surface area contributed by atoms with Crippen LogP contribution in [0.2, 0.25) is 0 Å². The zero-order valence-electron chi connectivity index (χ0n) is 7.84. The third-order valence-electron chi connectivity index (χ3n) is 1.37. The number of hydrogen-bond donors (Lipinski definition) is 1. The van der Waals surface area contributed by atoms with Gasteiger partial charge >= 0.3 is 0 Å². The van der Waals surface area contributed by atoms with Crippen molar-refractivity contribution in [2.24, 2.45) is 10.3 Å². The lowest BCUT2D eigenvalue weighted by molar-refractivity contribution is -0.461. The van der Waals surface area contributed by atoms with Crippen molar-refractivity contribution in [1.29, 1.82) is 0 Å². The topological polar surface area (TPSA) is 80.2 Å². The molecule has 0 radical (unpaired) electrons. The minimum absolute atomic E-state index is 0.350. The number of azo groups is 1. The van der Waals surface area contributed by atoms with E-state index in [1.54, 1.807) is 13.8 Å². The summed E-state index contributed by atoms with van der Waals surface area (Å²) in [7, 11) is 1.42. The average molecular weight is 187 g/mol. The van der Waals surface area contributed by atoms with E-state index < -0.39 is 6.04 Å². The summed E-state index contributed by atoms with van der Waals surface area (Å²) in [5.74, 6) is 0. The van der Waals surface area contributed by atoms with Gasteiger partial charge in [-0.1, -0.05) is 10.0 Å². The Bertz CT molecular complexity index is 235. The zero-order valence-corrected chi connectivity index (χ0v) is 7.84. The summed E-state index contributed by atoms with van der Waals surface area (Å²) >= 11 is 0. The third kappa shape index (κ3) is 4.78. The molecule has 0 aliphatic rings. The molecule has 74 valence electrons. The molecule has 0 rings (SSSR count). The standard InChI is InChI=1S/C7H13N3O3/c1-6(7(2)9-11)8-10(12)4-5-13-3/h4-6,11H,1-3H3. The van der Waals surface area contributed by atoms with Crippen LogP contribution >= 0.6 is 0 Å². The molecule has 1 unspecified atom stereocenters. The number of nitrogens with zero attached hydrogens (tertiary/aromatic N) is 3. The molecule has 0 amide bonds. The molecule has 6 heteroatoms. The molecular weight excluding hydrogens is 174 g/mol. The Morgan fingerprint density at radius 3 is 2.77 bits per heavy atom. The highest BCUT2D eigenvalue weighted by Crippen LogP contribution is 1.94. The lowest BCUT2D eigenvalue weighted by Crippen LogP contribution is -2.12. The maximum atomic E-state index is 10.9. The fourth-order valence-electron chi connectivity index (χ4n) is 0.489. The van der Waals surface area contributed by atoms with E-state index in [2.05, 4.69) is 15.0 Å². The Labute approximate surface area is 76.4 Å². The summed E-state index contributed by atoms with van der Waals surface area (Å²) in [5, 5.41) is 25.8. The lowest BCUT2D eigenvalue weighted by Gasteiger charge is -2.00. The second-order valence-corrected chi connectivity index (χ2v) is 2.36. The Kier molecular flexibility index (Phi) is 5.25. The van der Waals surface area contributed by atoms with Crippen molar-refractivity contribution in [3.05, 3.63) is 17.7 Å². The fourth-order valence-corrected chi connectivity index (χ4v) is 0.489. The molecule has 0 aromatic heterocycles. The quantitative estimate of drug-likeness (QED) is 0.180. The van der Waals surface area contributed by atoms with Crippen LogP contribution in [0.3, 0.4) is 0 Å². The molecule has 6 nitrogen and oxygen atoms in total. The molecule has 1 atom stereocenters. The van der Waals surface area contributed by atoms with Crippen molar-refractivity contribution < 1.29 is 14.8 Å². The first-order valence-corrected chi connectivity index (χ1v) is 3.67. The first-order valence-electron chi connectivity index (χ1n) is 3.67. The highest BCUT2D eigenvalue weighted by Gasteiger charge is 2.07. The van der Waals surface area contributed by atoms with Crippen molar-refractivity contribution in [3.63, 3.8) is 0 Å². The second-order valence-electron chi connectivity index (χ2n) is 2.36. The molecule has 0 heterocycles. The molecule has 13 heavy (non-hydrogen) atoms. The fraction of sp³-hybridized carbons (Fsp3) is 0.571. The number of hydrogen-bond acceptors (Lipinski definition) is 5. The van der Waals surface area contributed by atoms with E-state index in [9.17, 15) is 5.21 Å². The van der Waals surface area contributed by atoms with Gasteiger partial charge in [0.2, 0.25) is 6.20 Å². The molecule has 0 saturated heterocycles. The van der Waals surface area contributed by atoms with Gasteiger partial charge in [-0.2, -0.15) is 0 Å². The van der Waals surface area contributed by atoms with Gasteiger partial charge in [-0.3, -0.25) is 0 Å². The summed E-state index contributed by atoms with van der Waals surface area (Å²) in [5.41, 5.74) is 0.367. The van der Waals surface area contributed by atoms with Crippen LogP contribution < -0.4 is 0 Å². The number of rotatable bonds is 4. The van der Waals surface area contributed by atoms with Gasteiger partial charge in [-0.25, -0.2) is 0 Å². The van der Waals surface area contributed by atoms with E-state index in [1.807, 2.05) is 0 Å². The minimum Gasteiger partial charge on any atom is -0.595 e. The van der Waals surface area contributed by atoms with Gasteiger partial charge in [0.15, 0.2) is 6.04 Å². The van der Waals surface area contributed by atoms with Gasteiger partial charge in [-0.15, -0.1) is 0 Å². The van der Waals surface area contributed by atoms with Crippen molar-refractivity contribution >= 4 is 5.71 Å². The van der Waals surface area contributed by atoms with Crippen LogP contribution in [-0.4, -0.2) is 28.9 Å². The van der Waals surface area contributed by atoms with Gasteiger partial charge in [-0.05, 0) is 19.0 Å². The van der Waals surface area contributed by atoms with Crippen LogP contribution in [0.15, 0.2) is 22.7 Å². The maximum absolute atomic E-state index is 10.9. The molecule has 1 N–H and O–H groups in total. The van der Waals surface area contributed by atoms with Crippen molar-refractivity contribution in [3.8, 4) is 0 Å². The Hall–Kier alpha value is -1.59. The molecule has 0 aliphatic heterocycles. The van der Waals surface area contributed by atoms with Crippen molar-refractivity contribution in [2.45, 2.75) is 19.9 Å². The van der Waals surface area contributed by atoms with Crippen LogP contribution in [-0.2, 0) is 4.74 Å². The number of methoxy groups -OCH3 is 1. The predicted molar refractivity (Wildman–Crippen MR) is 46.6 cm³/mol. The first-order chi connectivity index (χ1) is 6.11. The van der Waals surface area contributed by atoms with Crippen LogP contribution in [0.1, 0.15) is 13.8 Å². The molecule has 0 fully saturated rings. The summed E-state index contributed by atoms with van der Waals surface area (Å²) in [6.07, 6.45) is 2.32. The molecular formula is C7H13N3O3. The Balaban J connectivity index is 4.30. The van der Waals surface area contributed by atoms with Gasteiger partial charge < -0.3 is 15.2 Å². The van der Waals surface area contributed by atoms with Crippen molar-refractivity contribution in [2.75, 3.05) is 7.11 Å². The van der Waals surface area contributed by atoms with Crippen LogP contribution in [0.5, 0.6) is 0 Å². The van der Waals surface area contributed by atoms with Crippen LogP contribution in [0.4, 0.5) is 0 Å². The summed E-state index contributed by atoms with van der Waals surface area (Å²) in [6.45, 7) is 3.21. The highest BCUT2D eigenvalue weighted by atomic mass is 16.5. The monoisotopic (exact) mass is 187 g/mol. The number of ether oxygens (including phenoxy) is 1. The molecule has 0 bridgehead atoms. The van der Waals surface area contributed by atoms with Gasteiger partial charge in [0.1, 0.15) is 6.26 Å². The van der Waals surface area contributed by atoms with E-state index in [-0.39, 0.29) is 0 Å². The Morgan fingerprint density at radius 2 is 2.31 bits per heavy atom. The van der Waals surface area contributed by atoms with Gasteiger partial charge in [0, 0.05) is 0 Å². The average Bonchev–Trinajstić information content (AvgIpc) is 2.13. The zero-order chi connectivity index (χ0) is 10.3. The van der Waals surface area contributed by atoms with Crippen LogP contribution in [0, 0.1) is 5.21 Å². The van der Waals surface area contributed by atoms with E-state index in [1.165, 1.54) is 13.4 Å². The second kappa shape index (κ2) is 5.99. The largest absolute Gasteiger partial charge is 0.595 e. The van der Waals surface area contributed by atoms with Gasteiger partial charge in [0.25, 0.3) is 0 Å². The molecule has 0 saturated carbocycles. The Morgan fingerprint density at radius 1 is 1.69 bits per heavy atom. The maximum Gasteiger partial charge on any atom is 0.243 e. The summed E-state index contributed by atoms with van der Waals surface area (Å²) in [4.78, 5) is 0.350. The van der Waals surface area contributed by atoms with E-state index in [4.69, 9.17) is 5.21 Å². The molecule has 0 aromatic carbocycles. The predicted octanol–water partition coefficient (Wildman–Crippen LogP) is 1.31. The van der Waals surface area contributed by atoms with Gasteiger partial charge in [0.05, 0.1) is 12.8 Å². The highest BCUT2D eigenvalue weighted by molar-refractivity contribution is 5.86. The molecule has 0 aliphatic carbocycles. The first kappa shape index (κ1) is 11.4. The van der Waals surface area contributed by atoms with Crippen LogP contribution in [0.25, 0.3) is 0 Å². The smallest absolute Gasteiger partial charge is 0.243 e. The van der Waals surface area contributed by atoms with Crippen molar-refractivity contribution in [1.82, 2.24) is 0 Å². The van der Waals surface area contributed by atoms with E-state index in [0.717, 1.165) is 6.20 Å². The molecule has 0 aromatic rings. The molecule has 0 spiro atoms.